The van der Waals surface area contributed by atoms with E-state index in [4.69, 9.17) is 9.16 Å². The predicted octanol–water partition coefficient (Wildman–Crippen LogP) is 3.85. The summed E-state index contributed by atoms with van der Waals surface area (Å²) >= 11 is 0. The zero-order valence-corrected chi connectivity index (χ0v) is 18.7. The lowest BCUT2D eigenvalue weighted by atomic mass is 9.89. The average Bonchev–Trinajstić information content (AvgIpc) is 2.98. The highest BCUT2D eigenvalue weighted by atomic mass is 28.4. The molecule has 0 aromatic heterocycles. The lowest BCUT2D eigenvalue weighted by molar-refractivity contribution is -0.140. The van der Waals surface area contributed by atoms with E-state index in [2.05, 4.69) is 46.1 Å². The number of amides is 2. The summed E-state index contributed by atoms with van der Waals surface area (Å²) in [5.41, 5.74) is 0.977. The van der Waals surface area contributed by atoms with Crippen molar-refractivity contribution in [2.45, 2.75) is 76.5 Å². The standard InChI is InChI=1S/C21H32N2O4Si/c1-7-16(27-28(5,6)21(2,3)4)17-18(19(24)22-17)23-15(13-26-20(23)25)14-11-9-8-10-12-14/h8-12,15-18H,7,13H2,1-6H3,(H,22,24)/t15-,16+,17-,18-/m1/s1. The fourth-order valence-corrected chi connectivity index (χ4v) is 5.05. The zero-order valence-electron chi connectivity index (χ0n) is 17.7. The van der Waals surface area contributed by atoms with Crippen molar-refractivity contribution >= 4 is 20.3 Å². The number of hydrogen-bond donors (Lipinski definition) is 1. The molecule has 3 rings (SSSR count). The molecule has 0 spiro atoms. The van der Waals surface area contributed by atoms with Crippen LogP contribution in [0.3, 0.4) is 0 Å². The highest BCUT2D eigenvalue weighted by molar-refractivity contribution is 6.74. The number of carbonyl (C=O) groups is 2. The van der Waals surface area contributed by atoms with Gasteiger partial charge in [-0.3, -0.25) is 9.69 Å². The number of hydrogen-bond acceptors (Lipinski definition) is 4. The number of ether oxygens (including phenoxy) is 1. The number of nitrogens with one attached hydrogen (secondary N) is 1. The van der Waals surface area contributed by atoms with E-state index in [-0.39, 0.29) is 35.7 Å². The van der Waals surface area contributed by atoms with Crippen molar-refractivity contribution in [3.63, 3.8) is 0 Å². The van der Waals surface area contributed by atoms with Gasteiger partial charge in [0.1, 0.15) is 12.6 Å². The summed E-state index contributed by atoms with van der Waals surface area (Å²) in [5, 5.41) is 3.07. The largest absolute Gasteiger partial charge is 0.447 e. The third-order valence-corrected chi connectivity index (χ3v) is 10.9. The first-order valence-electron chi connectivity index (χ1n) is 10.0. The van der Waals surface area contributed by atoms with Gasteiger partial charge < -0.3 is 14.5 Å². The van der Waals surface area contributed by atoms with E-state index in [0.29, 0.717) is 0 Å². The third kappa shape index (κ3) is 3.69. The molecule has 154 valence electrons. The molecule has 0 aliphatic carbocycles. The quantitative estimate of drug-likeness (QED) is 0.578. The molecular weight excluding hydrogens is 372 g/mol. The van der Waals surface area contributed by atoms with E-state index in [1.54, 1.807) is 4.90 Å². The fourth-order valence-electron chi connectivity index (χ4n) is 3.63. The number of rotatable bonds is 6. The maximum Gasteiger partial charge on any atom is 0.411 e. The van der Waals surface area contributed by atoms with Crippen LogP contribution in [0.25, 0.3) is 0 Å². The first-order valence-corrected chi connectivity index (χ1v) is 13.0. The molecule has 2 aliphatic rings. The van der Waals surface area contributed by atoms with Gasteiger partial charge in [-0.25, -0.2) is 4.79 Å². The highest BCUT2D eigenvalue weighted by Gasteiger charge is 2.55. The third-order valence-electron chi connectivity index (χ3n) is 6.37. The molecule has 2 saturated heterocycles. The van der Waals surface area contributed by atoms with E-state index in [1.807, 2.05) is 30.3 Å². The van der Waals surface area contributed by atoms with Gasteiger partial charge >= 0.3 is 6.09 Å². The Bertz CT molecular complexity index is 732. The number of benzene rings is 1. The molecule has 1 aromatic rings. The molecule has 2 amide bonds. The molecule has 0 saturated carbocycles. The van der Waals surface area contributed by atoms with Crippen molar-refractivity contribution < 1.29 is 18.8 Å². The Morgan fingerprint density at radius 2 is 1.89 bits per heavy atom. The summed E-state index contributed by atoms with van der Waals surface area (Å²) in [5.74, 6) is -0.137. The van der Waals surface area contributed by atoms with E-state index < -0.39 is 20.5 Å². The van der Waals surface area contributed by atoms with Crippen LogP contribution in [0.4, 0.5) is 4.79 Å². The van der Waals surface area contributed by atoms with Crippen molar-refractivity contribution in [3.8, 4) is 0 Å². The Labute approximate surface area is 168 Å². The van der Waals surface area contributed by atoms with Crippen LogP contribution in [-0.4, -0.2) is 50.0 Å². The number of β-lactam (4-membered cyclic amide) rings is 1. The topological polar surface area (TPSA) is 67.9 Å². The van der Waals surface area contributed by atoms with Gasteiger partial charge in [0.25, 0.3) is 0 Å². The second kappa shape index (κ2) is 7.52. The Morgan fingerprint density at radius 1 is 1.25 bits per heavy atom. The fraction of sp³-hybridized carbons (Fsp3) is 0.619. The molecule has 2 heterocycles. The molecule has 6 nitrogen and oxygen atoms in total. The van der Waals surface area contributed by atoms with Crippen molar-refractivity contribution in [1.82, 2.24) is 10.2 Å². The van der Waals surface area contributed by atoms with Crippen LogP contribution in [0.1, 0.15) is 45.7 Å². The summed E-state index contributed by atoms with van der Waals surface area (Å²) in [4.78, 5) is 26.7. The Kier molecular flexibility index (Phi) is 5.60. The number of nitrogens with zero attached hydrogens (tertiary/aromatic N) is 1. The molecule has 1 N–H and O–H groups in total. The summed E-state index contributed by atoms with van der Waals surface area (Å²) in [6.07, 6.45) is 0.210. The van der Waals surface area contributed by atoms with Gasteiger partial charge in [0, 0.05) is 0 Å². The number of carbonyl (C=O) groups excluding carboxylic acids is 2. The number of cyclic esters (lactones) is 1. The molecule has 0 unspecified atom stereocenters. The molecule has 7 heteroatoms. The maximum absolute atomic E-state index is 12.5. The summed E-state index contributed by atoms with van der Waals surface area (Å²) in [6.45, 7) is 13.4. The smallest absolute Gasteiger partial charge is 0.411 e. The minimum absolute atomic E-state index is 0.0722. The maximum atomic E-state index is 12.5. The Balaban J connectivity index is 1.84. The normalized spacial score (nSPS) is 26.5. The molecule has 2 fully saturated rings. The molecule has 0 bridgehead atoms. The van der Waals surface area contributed by atoms with Gasteiger partial charge in [0.05, 0.1) is 18.2 Å². The van der Waals surface area contributed by atoms with Crippen LogP contribution in [0, 0.1) is 0 Å². The van der Waals surface area contributed by atoms with Gasteiger partial charge in [-0.05, 0) is 30.1 Å². The molecular formula is C21H32N2O4Si. The lowest BCUT2D eigenvalue weighted by Crippen LogP contribution is -2.74. The lowest BCUT2D eigenvalue weighted by Gasteiger charge is -2.49. The SMILES string of the molecule is CC[C@H](O[Si](C)(C)C(C)(C)C)[C@H]1NC(=O)[C@@H]1N1C(=O)OC[C@@H]1c1ccccc1. The van der Waals surface area contributed by atoms with Crippen molar-refractivity contribution in [2.24, 2.45) is 0 Å². The second-order valence-electron chi connectivity index (χ2n) is 9.21. The minimum atomic E-state index is -2.01. The summed E-state index contributed by atoms with van der Waals surface area (Å²) in [6, 6.07) is 8.71. The molecule has 2 aliphatic heterocycles. The minimum Gasteiger partial charge on any atom is -0.447 e. The van der Waals surface area contributed by atoms with E-state index in [9.17, 15) is 9.59 Å². The van der Waals surface area contributed by atoms with E-state index in [0.717, 1.165) is 12.0 Å². The van der Waals surface area contributed by atoms with Gasteiger partial charge in [-0.2, -0.15) is 0 Å². The molecule has 1 aromatic carbocycles. The first kappa shape index (κ1) is 20.9. The van der Waals surface area contributed by atoms with Gasteiger partial charge in [0.15, 0.2) is 8.32 Å². The van der Waals surface area contributed by atoms with Crippen LogP contribution in [0.2, 0.25) is 18.1 Å². The Hall–Kier alpha value is -1.86. The van der Waals surface area contributed by atoms with Crippen LogP contribution < -0.4 is 5.32 Å². The second-order valence-corrected chi connectivity index (χ2v) is 14.0. The van der Waals surface area contributed by atoms with Crippen molar-refractivity contribution in [2.75, 3.05) is 6.61 Å². The molecule has 28 heavy (non-hydrogen) atoms. The average molecular weight is 405 g/mol. The monoisotopic (exact) mass is 404 g/mol. The predicted molar refractivity (Wildman–Crippen MR) is 110 cm³/mol. The van der Waals surface area contributed by atoms with E-state index >= 15 is 0 Å². The van der Waals surface area contributed by atoms with Crippen LogP contribution in [-0.2, 0) is 14.0 Å². The molecule has 4 atom stereocenters. The highest BCUT2D eigenvalue weighted by Crippen LogP contribution is 2.40. The van der Waals surface area contributed by atoms with Crippen LogP contribution >= 0.6 is 0 Å². The van der Waals surface area contributed by atoms with Crippen LogP contribution in [0.15, 0.2) is 30.3 Å². The summed E-state index contributed by atoms with van der Waals surface area (Å²) in [7, 11) is -2.01. The van der Waals surface area contributed by atoms with Crippen molar-refractivity contribution in [3.05, 3.63) is 35.9 Å². The zero-order chi connectivity index (χ0) is 20.7. The van der Waals surface area contributed by atoms with E-state index in [1.165, 1.54) is 0 Å². The van der Waals surface area contributed by atoms with Crippen LogP contribution in [0.5, 0.6) is 0 Å². The first-order chi connectivity index (χ1) is 13.1. The molecule has 0 radical (unpaired) electrons. The Morgan fingerprint density at radius 3 is 2.43 bits per heavy atom. The summed E-state index contributed by atoms with van der Waals surface area (Å²) < 4.78 is 11.9. The van der Waals surface area contributed by atoms with Gasteiger partial charge in [0.2, 0.25) is 5.91 Å². The van der Waals surface area contributed by atoms with Gasteiger partial charge in [-0.1, -0.05) is 58.0 Å². The van der Waals surface area contributed by atoms with Crippen molar-refractivity contribution in [1.29, 1.82) is 0 Å². The van der Waals surface area contributed by atoms with Gasteiger partial charge in [-0.15, -0.1) is 0 Å².